The van der Waals surface area contributed by atoms with Crippen molar-refractivity contribution in [2.24, 2.45) is 0 Å². The second-order valence-corrected chi connectivity index (χ2v) is 9.35. The quantitative estimate of drug-likeness (QED) is 0.575. The van der Waals surface area contributed by atoms with Gasteiger partial charge in [0.25, 0.3) is 17.7 Å². The Kier molecular flexibility index (Phi) is 5.42. The molecule has 0 spiro atoms. The number of aryl methyl sites for hydroxylation is 1. The van der Waals surface area contributed by atoms with Crippen LogP contribution >= 0.6 is 22.7 Å². The van der Waals surface area contributed by atoms with Crippen LogP contribution in [0.4, 0.5) is 5.13 Å². The number of carbonyl (C=O) groups is 4. The number of aromatic nitrogens is 1. The van der Waals surface area contributed by atoms with Crippen molar-refractivity contribution in [1.29, 1.82) is 0 Å². The highest BCUT2D eigenvalue weighted by molar-refractivity contribution is 7.18. The van der Waals surface area contributed by atoms with Gasteiger partial charge in [-0.05, 0) is 37.3 Å². The highest BCUT2D eigenvalue weighted by Crippen LogP contribution is 2.35. The Labute approximate surface area is 185 Å². The number of rotatable bonds is 5. The Morgan fingerprint density at radius 1 is 1.06 bits per heavy atom. The van der Waals surface area contributed by atoms with Crippen LogP contribution < -0.4 is 10.6 Å². The maximum Gasteiger partial charge on any atom is 0.261 e. The number of nitrogens with one attached hydrogen (secondary N) is 2. The van der Waals surface area contributed by atoms with Gasteiger partial charge in [-0.25, -0.2) is 4.98 Å². The molecule has 0 bridgehead atoms. The number of hydrogen-bond donors (Lipinski definition) is 2. The number of thiazole rings is 1. The van der Waals surface area contributed by atoms with E-state index in [1.165, 1.54) is 54.8 Å². The zero-order valence-electron chi connectivity index (χ0n) is 16.9. The minimum Gasteiger partial charge on any atom is -0.351 e. The summed E-state index contributed by atoms with van der Waals surface area (Å²) in [7, 11) is 1.41. The highest BCUT2D eigenvalue weighted by Gasteiger charge is 2.33. The average Bonchev–Trinajstić information content (AvgIpc) is 3.40. The van der Waals surface area contributed by atoms with E-state index in [2.05, 4.69) is 15.6 Å². The topological polar surface area (TPSA) is 108 Å². The van der Waals surface area contributed by atoms with Crippen LogP contribution in [-0.4, -0.2) is 40.6 Å². The van der Waals surface area contributed by atoms with Crippen molar-refractivity contribution >= 4 is 51.4 Å². The van der Waals surface area contributed by atoms with Gasteiger partial charge in [-0.15, -0.1) is 22.7 Å². The number of nitrogens with zero attached hydrogens (tertiary/aromatic N) is 2. The molecule has 2 aromatic heterocycles. The Morgan fingerprint density at radius 2 is 1.81 bits per heavy atom. The van der Waals surface area contributed by atoms with Gasteiger partial charge in [0, 0.05) is 29.3 Å². The van der Waals surface area contributed by atoms with Crippen LogP contribution in [0.5, 0.6) is 0 Å². The summed E-state index contributed by atoms with van der Waals surface area (Å²) in [5, 5.41) is 5.98. The Hall–Kier alpha value is -3.37. The third-order valence-corrected chi connectivity index (χ3v) is 6.75. The summed E-state index contributed by atoms with van der Waals surface area (Å²) in [5.41, 5.74) is 1.57. The van der Waals surface area contributed by atoms with Crippen LogP contribution in [0, 0.1) is 6.92 Å². The fourth-order valence-electron chi connectivity index (χ4n) is 3.16. The summed E-state index contributed by atoms with van der Waals surface area (Å²) in [4.78, 5) is 56.4. The van der Waals surface area contributed by atoms with E-state index >= 15 is 0 Å². The van der Waals surface area contributed by atoms with Gasteiger partial charge >= 0.3 is 0 Å². The SMILES string of the molecule is CC(=O)NCc1ccc(-c2nc(NC(=O)c3ccc4c(c3)C(=O)N(C)C4=O)sc2C)s1. The minimum atomic E-state index is -0.421. The first-order valence-electron chi connectivity index (χ1n) is 9.33. The van der Waals surface area contributed by atoms with Crippen molar-refractivity contribution in [2.75, 3.05) is 12.4 Å². The summed E-state index contributed by atoms with van der Waals surface area (Å²) in [6.07, 6.45) is 0. The summed E-state index contributed by atoms with van der Waals surface area (Å²) in [6.45, 7) is 3.86. The van der Waals surface area contributed by atoms with Crippen molar-refractivity contribution in [2.45, 2.75) is 20.4 Å². The lowest BCUT2D eigenvalue weighted by molar-refractivity contribution is -0.119. The van der Waals surface area contributed by atoms with Crippen LogP contribution in [0.15, 0.2) is 30.3 Å². The molecule has 0 radical (unpaired) electrons. The molecule has 2 N–H and O–H groups in total. The molecule has 0 unspecified atom stereocenters. The lowest BCUT2D eigenvalue weighted by atomic mass is 10.1. The standard InChI is InChI=1S/C21H18N4O4S2/c1-10-17(16-7-5-13(31-16)9-22-11(2)26)23-21(30-10)24-18(27)12-4-6-14-15(8-12)20(29)25(3)19(14)28/h4-8H,9H2,1-3H3,(H,22,26)(H,23,24,27). The summed E-state index contributed by atoms with van der Waals surface area (Å²) >= 11 is 2.88. The molecular formula is C21H18N4O4S2. The molecule has 0 saturated heterocycles. The zero-order chi connectivity index (χ0) is 22.3. The van der Waals surface area contributed by atoms with E-state index in [0.717, 1.165) is 25.2 Å². The second-order valence-electron chi connectivity index (χ2n) is 6.98. The number of thiophene rings is 1. The minimum absolute atomic E-state index is 0.0888. The number of imide groups is 1. The molecule has 31 heavy (non-hydrogen) atoms. The van der Waals surface area contributed by atoms with Crippen molar-refractivity contribution in [3.05, 3.63) is 56.8 Å². The Morgan fingerprint density at radius 3 is 2.55 bits per heavy atom. The molecule has 0 aliphatic carbocycles. The van der Waals surface area contributed by atoms with E-state index in [-0.39, 0.29) is 22.9 Å². The highest BCUT2D eigenvalue weighted by atomic mass is 32.1. The number of benzene rings is 1. The molecule has 10 heteroatoms. The van der Waals surface area contributed by atoms with Gasteiger partial charge in [-0.1, -0.05) is 0 Å². The Bertz CT molecular complexity index is 1240. The first-order chi connectivity index (χ1) is 14.7. The van der Waals surface area contributed by atoms with E-state index < -0.39 is 11.8 Å². The molecule has 1 aliphatic heterocycles. The molecule has 3 heterocycles. The van der Waals surface area contributed by atoms with Crippen molar-refractivity contribution in [3.8, 4) is 10.6 Å². The van der Waals surface area contributed by atoms with E-state index in [1.54, 1.807) is 0 Å². The van der Waals surface area contributed by atoms with Gasteiger partial charge in [-0.2, -0.15) is 0 Å². The van der Waals surface area contributed by atoms with Gasteiger partial charge in [0.05, 0.1) is 28.2 Å². The zero-order valence-corrected chi connectivity index (χ0v) is 18.6. The van der Waals surface area contributed by atoms with E-state index in [0.29, 0.717) is 17.2 Å². The van der Waals surface area contributed by atoms with Crippen LogP contribution in [0.1, 0.15) is 47.8 Å². The van der Waals surface area contributed by atoms with E-state index in [4.69, 9.17) is 0 Å². The molecule has 0 fully saturated rings. The summed E-state index contributed by atoms with van der Waals surface area (Å²) in [6, 6.07) is 8.33. The first-order valence-corrected chi connectivity index (χ1v) is 11.0. The van der Waals surface area contributed by atoms with Crippen molar-refractivity contribution in [1.82, 2.24) is 15.2 Å². The van der Waals surface area contributed by atoms with Gasteiger partial charge < -0.3 is 5.32 Å². The lowest BCUT2D eigenvalue weighted by Crippen LogP contribution is -2.24. The van der Waals surface area contributed by atoms with Gasteiger partial charge in [0.15, 0.2) is 5.13 Å². The lowest BCUT2D eigenvalue weighted by Gasteiger charge is -2.03. The Balaban J connectivity index is 1.51. The monoisotopic (exact) mass is 454 g/mol. The number of hydrogen-bond acceptors (Lipinski definition) is 7. The second kappa shape index (κ2) is 8.05. The molecule has 3 aromatic rings. The third-order valence-electron chi connectivity index (χ3n) is 4.78. The summed E-state index contributed by atoms with van der Waals surface area (Å²) in [5.74, 6) is -1.29. The number of fused-ring (bicyclic) bond motifs is 1. The predicted molar refractivity (Wildman–Crippen MR) is 119 cm³/mol. The third kappa shape index (κ3) is 3.99. The van der Waals surface area contributed by atoms with Crippen LogP contribution in [0.2, 0.25) is 0 Å². The molecule has 4 amide bonds. The molecule has 0 atom stereocenters. The molecular weight excluding hydrogens is 436 g/mol. The smallest absolute Gasteiger partial charge is 0.261 e. The molecule has 1 aliphatic rings. The number of carbonyl (C=O) groups excluding carboxylic acids is 4. The average molecular weight is 455 g/mol. The van der Waals surface area contributed by atoms with Crippen LogP contribution in [0.3, 0.4) is 0 Å². The van der Waals surface area contributed by atoms with Crippen molar-refractivity contribution in [3.63, 3.8) is 0 Å². The largest absolute Gasteiger partial charge is 0.351 e. The maximum absolute atomic E-state index is 12.7. The molecule has 0 saturated carbocycles. The normalized spacial score (nSPS) is 12.8. The first kappa shape index (κ1) is 20.9. The number of amides is 4. The van der Waals surface area contributed by atoms with Gasteiger partial charge in [0.1, 0.15) is 0 Å². The fraction of sp³-hybridized carbons (Fsp3) is 0.190. The summed E-state index contributed by atoms with van der Waals surface area (Å²) < 4.78 is 0. The molecule has 4 rings (SSSR count). The predicted octanol–water partition coefficient (Wildman–Crippen LogP) is 3.29. The van der Waals surface area contributed by atoms with E-state index in [1.807, 2.05) is 19.1 Å². The van der Waals surface area contributed by atoms with Crippen LogP contribution in [0.25, 0.3) is 10.6 Å². The number of anilines is 1. The van der Waals surface area contributed by atoms with Crippen LogP contribution in [-0.2, 0) is 11.3 Å². The fourth-order valence-corrected chi connectivity index (χ4v) is 5.04. The molecule has 1 aromatic carbocycles. The van der Waals surface area contributed by atoms with Gasteiger partial charge in [0.2, 0.25) is 5.91 Å². The van der Waals surface area contributed by atoms with Crippen molar-refractivity contribution < 1.29 is 19.2 Å². The van der Waals surface area contributed by atoms with Gasteiger partial charge in [-0.3, -0.25) is 29.4 Å². The molecule has 8 nitrogen and oxygen atoms in total. The van der Waals surface area contributed by atoms with E-state index in [9.17, 15) is 19.2 Å². The molecule has 158 valence electrons. The maximum atomic E-state index is 12.7.